The zero-order valence-electron chi connectivity index (χ0n) is 17.1. The Balaban J connectivity index is 1.45. The van der Waals surface area contributed by atoms with Gasteiger partial charge in [-0.3, -0.25) is 4.79 Å². The fourth-order valence-corrected chi connectivity index (χ4v) is 3.55. The number of likely N-dealkylation sites (tertiary alicyclic amines) is 1. The number of methoxy groups -OCH3 is 3. The highest BCUT2D eigenvalue weighted by atomic mass is 16.5. The maximum Gasteiger partial charge on any atom is 0.232 e. The molecule has 30 heavy (non-hydrogen) atoms. The number of benzene rings is 2. The molecule has 1 aliphatic rings. The first-order valence-electron chi connectivity index (χ1n) is 9.58. The maximum absolute atomic E-state index is 12.6. The van der Waals surface area contributed by atoms with Crippen LogP contribution in [0.25, 0.3) is 11.4 Å². The molecule has 2 aromatic carbocycles. The lowest BCUT2D eigenvalue weighted by Gasteiger charge is -2.17. The Kier molecular flexibility index (Phi) is 5.56. The molecule has 0 spiro atoms. The van der Waals surface area contributed by atoms with Crippen molar-refractivity contribution in [1.29, 1.82) is 0 Å². The molecule has 1 fully saturated rings. The molecule has 0 saturated carbocycles. The van der Waals surface area contributed by atoms with Crippen LogP contribution in [0.1, 0.15) is 23.8 Å². The Morgan fingerprint density at radius 2 is 1.80 bits per heavy atom. The Hall–Kier alpha value is -3.55. The minimum Gasteiger partial charge on any atom is -0.497 e. The summed E-state index contributed by atoms with van der Waals surface area (Å²) in [7, 11) is 4.80. The summed E-state index contributed by atoms with van der Waals surface area (Å²) in [5, 5.41) is 4.08. The van der Waals surface area contributed by atoms with Crippen molar-refractivity contribution in [3.8, 4) is 28.6 Å². The zero-order chi connectivity index (χ0) is 21.1. The first kappa shape index (κ1) is 19.8. The molecule has 1 amide bonds. The summed E-state index contributed by atoms with van der Waals surface area (Å²) in [4.78, 5) is 18.9. The predicted molar refractivity (Wildman–Crippen MR) is 109 cm³/mol. The fraction of sp³-hybridized carbons (Fsp3) is 0.318. The van der Waals surface area contributed by atoms with E-state index in [1.54, 1.807) is 26.2 Å². The second kappa shape index (κ2) is 8.44. The second-order valence-electron chi connectivity index (χ2n) is 7.05. The Bertz CT molecular complexity index is 1030. The molecule has 1 atom stereocenters. The standard InChI is InChI=1S/C22H23N3O5/c1-27-17-7-5-15(6-8-17)21-23-22(30-24-21)16-11-20(26)25(13-16)12-14-4-9-18(28-2)19(10-14)29-3/h4-10,16H,11-13H2,1-3H3. The maximum atomic E-state index is 12.6. The number of carbonyl (C=O) groups is 1. The molecule has 8 heteroatoms. The van der Waals surface area contributed by atoms with Crippen molar-refractivity contribution < 1.29 is 23.5 Å². The van der Waals surface area contributed by atoms with Gasteiger partial charge in [0.1, 0.15) is 5.75 Å². The average molecular weight is 409 g/mol. The van der Waals surface area contributed by atoms with Crippen LogP contribution in [0.2, 0.25) is 0 Å². The first-order valence-corrected chi connectivity index (χ1v) is 9.58. The van der Waals surface area contributed by atoms with E-state index >= 15 is 0 Å². The Labute approximate surface area is 174 Å². The third kappa shape index (κ3) is 3.94. The number of amides is 1. The van der Waals surface area contributed by atoms with Crippen molar-refractivity contribution in [1.82, 2.24) is 15.0 Å². The molecule has 156 valence electrons. The van der Waals surface area contributed by atoms with Gasteiger partial charge in [-0.15, -0.1) is 0 Å². The summed E-state index contributed by atoms with van der Waals surface area (Å²) >= 11 is 0. The van der Waals surface area contributed by atoms with Gasteiger partial charge in [-0.1, -0.05) is 11.2 Å². The highest BCUT2D eigenvalue weighted by molar-refractivity contribution is 5.79. The molecular weight excluding hydrogens is 386 g/mol. The number of hydrogen-bond acceptors (Lipinski definition) is 7. The molecule has 2 heterocycles. The van der Waals surface area contributed by atoms with Crippen LogP contribution in [0.3, 0.4) is 0 Å². The number of nitrogens with zero attached hydrogens (tertiary/aromatic N) is 3. The summed E-state index contributed by atoms with van der Waals surface area (Å²) in [5.41, 5.74) is 1.79. The Morgan fingerprint density at radius 1 is 1.03 bits per heavy atom. The van der Waals surface area contributed by atoms with Crippen LogP contribution in [0.5, 0.6) is 17.2 Å². The topological polar surface area (TPSA) is 86.9 Å². The predicted octanol–water partition coefficient (Wildman–Crippen LogP) is 3.28. The summed E-state index contributed by atoms with van der Waals surface area (Å²) < 4.78 is 21.3. The van der Waals surface area contributed by atoms with E-state index in [-0.39, 0.29) is 11.8 Å². The normalized spacial score (nSPS) is 16.0. The smallest absolute Gasteiger partial charge is 0.232 e. The average Bonchev–Trinajstić information content (AvgIpc) is 3.41. The van der Waals surface area contributed by atoms with Gasteiger partial charge < -0.3 is 23.6 Å². The Morgan fingerprint density at radius 3 is 2.50 bits per heavy atom. The number of aromatic nitrogens is 2. The lowest BCUT2D eigenvalue weighted by Crippen LogP contribution is -2.24. The summed E-state index contributed by atoms with van der Waals surface area (Å²) in [5.74, 6) is 2.95. The van der Waals surface area contributed by atoms with Crippen molar-refractivity contribution in [3.63, 3.8) is 0 Å². The summed E-state index contributed by atoms with van der Waals surface area (Å²) in [6.07, 6.45) is 0.345. The van der Waals surface area contributed by atoms with Gasteiger partial charge in [0.15, 0.2) is 11.5 Å². The SMILES string of the molecule is COc1ccc(-c2noc(C3CC(=O)N(Cc4ccc(OC)c(OC)c4)C3)n2)cc1. The third-order valence-corrected chi connectivity index (χ3v) is 5.18. The molecule has 1 aliphatic heterocycles. The van der Waals surface area contributed by atoms with Crippen LogP contribution in [0, 0.1) is 0 Å². The fourth-order valence-electron chi connectivity index (χ4n) is 3.55. The first-order chi connectivity index (χ1) is 14.6. The van der Waals surface area contributed by atoms with E-state index in [0.717, 1.165) is 16.9 Å². The molecule has 1 aromatic heterocycles. The molecule has 4 rings (SSSR count). The number of ether oxygens (including phenoxy) is 3. The molecule has 1 unspecified atom stereocenters. The zero-order valence-corrected chi connectivity index (χ0v) is 17.1. The minimum atomic E-state index is -0.128. The van der Waals surface area contributed by atoms with Gasteiger partial charge in [-0.2, -0.15) is 4.98 Å². The van der Waals surface area contributed by atoms with Crippen LogP contribution in [0.4, 0.5) is 0 Å². The van der Waals surface area contributed by atoms with Crippen LogP contribution in [-0.4, -0.2) is 48.8 Å². The van der Waals surface area contributed by atoms with E-state index in [4.69, 9.17) is 18.7 Å². The van der Waals surface area contributed by atoms with Gasteiger partial charge in [-0.05, 0) is 42.0 Å². The van der Waals surface area contributed by atoms with Crippen molar-refractivity contribution in [2.45, 2.75) is 18.9 Å². The van der Waals surface area contributed by atoms with Crippen molar-refractivity contribution in [3.05, 3.63) is 53.9 Å². The molecule has 0 N–H and O–H groups in total. The highest BCUT2D eigenvalue weighted by Gasteiger charge is 2.34. The van der Waals surface area contributed by atoms with Gasteiger partial charge in [0.2, 0.25) is 17.6 Å². The minimum absolute atomic E-state index is 0.0546. The molecule has 0 aliphatic carbocycles. The number of rotatable bonds is 7. The van der Waals surface area contributed by atoms with Crippen molar-refractivity contribution in [2.75, 3.05) is 27.9 Å². The molecule has 1 saturated heterocycles. The summed E-state index contributed by atoms with van der Waals surface area (Å²) in [6.45, 7) is 1.01. The molecule has 0 bridgehead atoms. The van der Waals surface area contributed by atoms with Crippen molar-refractivity contribution in [2.24, 2.45) is 0 Å². The molecular formula is C22H23N3O5. The molecule has 8 nitrogen and oxygen atoms in total. The van der Waals surface area contributed by atoms with E-state index < -0.39 is 0 Å². The van der Waals surface area contributed by atoms with Gasteiger partial charge in [0, 0.05) is 25.1 Å². The van der Waals surface area contributed by atoms with Gasteiger partial charge in [0.05, 0.1) is 27.2 Å². The quantitative estimate of drug-likeness (QED) is 0.592. The lowest BCUT2D eigenvalue weighted by atomic mass is 10.1. The highest BCUT2D eigenvalue weighted by Crippen LogP contribution is 2.32. The largest absolute Gasteiger partial charge is 0.497 e. The van der Waals surface area contributed by atoms with E-state index in [1.807, 2.05) is 42.5 Å². The van der Waals surface area contributed by atoms with Crippen LogP contribution in [-0.2, 0) is 11.3 Å². The van der Waals surface area contributed by atoms with E-state index in [1.165, 1.54) is 0 Å². The van der Waals surface area contributed by atoms with Crippen LogP contribution >= 0.6 is 0 Å². The lowest BCUT2D eigenvalue weighted by molar-refractivity contribution is -0.128. The van der Waals surface area contributed by atoms with Gasteiger partial charge in [-0.25, -0.2) is 0 Å². The van der Waals surface area contributed by atoms with Crippen LogP contribution < -0.4 is 14.2 Å². The summed E-state index contributed by atoms with van der Waals surface area (Å²) in [6, 6.07) is 13.1. The van der Waals surface area contributed by atoms with Crippen LogP contribution in [0.15, 0.2) is 47.0 Å². The monoisotopic (exact) mass is 409 g/mol. The van der Waals surface area contributed by atoms with Gasteiger partial charge >= 0.3 is 0 Å². The van der Waals surface area contributed by atoms with E-state index in [0.29, 0.717) is 42.7 Å². The number of hydrogen-bond donors (Lipinski definition) is 0. The second-order valence-corrected chi connectivity index (χ2v) is 7.05. The van der Waals surface area contributed by atoms with E-state index in [9.17, 15) is 4.79 Å². The third-order valence-electron chi connectivity index (χ3n) is 5.18. The molecule has 0 radical (unpaired) electrons. The number of carbonyl (C=O) groups excluding carboxylic acids is 1. The molecule has 3 aromatic rings. The van der Waals surface area contributed by atoms with Crippen molar-refractivity contribution >= 4 is 5.91 Å². The van der Waals surface area contributed by atoms with E-state index in [2.05, 4.69) is 10.1 Å². The van der Waals surface area contributed by atoms with Gasteiger partial charge in [0.25, 0.3) is 0 Å².